The van der Waals surface area contributed by atoms with E-state index in [0.29, 0.717) is 39.8 Å². The van der Waals surface area contributed by atoms with Crippen molar-refractivity contribution in [2.24, 2.45) is 0 Å². The number of hydrogen-bond acceptors (Lipinski definition) is 6. The largest absolute Gasteiger partial charge is 0.465 e. The molecule has 6 nitrogen and oxygen atoms in total. The molecule has 2 aliphatic rings. The van der Waals surface area contributed by atoms with Crippen molar-refractivity contribution in [1.29, 1.82) is 0 Å². The average molecular weight is 523 g/mol. The maximum absolute atomic E-state index is 14.2. The van der Waals surface area contributed by atoms with E-state index in [1.54, 1.807) is 18.2 Å². The summed E-state index contributed by atoms with van der Waals surface area (Å²) in [7, 11) is 1.35. The van der Waals surface area contributed by atoms with Gasteiger partial charge in [-0.25, -0.2) is 14.2 Å². The van der Waals surface area contributed by atoms with Crippen molar-refractivity contribution in [3.8, 4) is 0 Å². The Morgan fingerprint density at radius 1 is 1.17 bits per heavy atom. The van der Waals surface area contributed by atoms with Crippen LogP contribution in [0.15, 0.2) is 30.5 Å². The van der Waals surface area contributed by atoms with Crippen LogP contribution in [0.3, 0.4) is 0 Å². The standard InChI is InChI=1S/C26H33Cl2FN4O2/c1-3-4-22-17-32(25-23(28)13-19(15-30-25)26(34)35-2)11-12-33(22)21-7-9-31(10-8-21)16-18-5-6-20(27)14-24(18)29/h5-6,13-15,21-22H,3-4,7-12,16-17H2,1-2H3/t22-/m0/s1. The molecule has 0 bridgehead atoms. The van der Waals surface area contributed by atoms with E-state index >= 15 is 0 Å². The van der Waals surface area contributed by atoms with Gasteiger partial charge in [0.05, 0.1) is 17.7 Å². The first-order chi connectivity index (χ1) is 16.9. The molecule has 4 rings (SSSR count). The maximum atomic E-state index is 14.2. The molecule has 190 valence electrons. The molecule has 0 spiro atoms. The topological polar surface area (TPSA) is 48.9 Å². The van der Waals surface area contributed by atoms with Gasteiger partial charge in [0.25, 0.3) is 0 Å². The lowest BCUT2D eigenvalue weighted by molar-refractivity contribution is 0.0585. The number of aromatic nitrogens is 1. The third kappa shape index (κ3) is 6.26. The predicted octanol–water partition coefficient (Wildman–Crippen LogP) is 5.27. The normalized spacial score (nSPS) is 20.3. The number of halogens is 3. The second-order valence-electron chi connectivity index (χ2n) is 9.39. The molecule has 3 heterocycles. The zero-order valence-corrected chi connectivity index (χ0v) is 21.9. The van der Waals surface area contributed by atoms with Crippen LogP contribution in [0.4, 0.5) is 10.2 Å². The SMILES string of the molecule is CCC[C@H]1CN(c2ncc(C(=O)OC)cc2Cl)CCN1C1CCN(Cc2ccc(Cl)cc2F)CC1. The monoisotopic (exact) mass is 522 g/mol. The number of hydrogen-bond donors (Lipinski definition) is 0. The average Bonchev–Trinajstić information content (AvgIpc) is 2.86. The van der Waals surface area contributed by atoms with Gasteiger partial charge in [0.1, 0.15) is 11.6 Å². The van der Waals surface area contributed by atoms with Crippen molar-refractivity contribution in [3.63, 3.8) is 0 Å². The van der Waals surface area contributed by atoms with E-state index in [1.807, 2.05) is 0 Å². The Labute approximate surface area is 216 Å². The van der Waals surface area contributed by atoms with E-state index in [2.05, 4.69) is 26.6 Å². The number of piperidine rings is 1. The lowest BCUT2D eigenvalue weighted by atomic mass is 9.97. The number of carbonyl (C=O) groups is 1. The Balaban J connectivity index is 1.37. The Kier molecular flexibility index (Phi) is 8.87. The lowest BCUT2D eigenvalue weighted by Gasteiger charge is -2.48. The number of likely N-dealkylation sites (tertiary alicyclic amines) is 1. The Bertz CT molecular complexity index is 1030. The first-order valence-corrected chi connectivity index (χ1v) is 13.1. The summed E-state index contributed by atoms with van der Waals surface area (Å²) >= 11 is 12.4. The zero-order valence-electron chi connectivity index (χ0n) is 20.4. The van der Waals surface area contributed by atoms with Gasteiger partial charge in [0, 0.05) is 55.0 Å². The second kappa shape index (κ2) is 11.9. The molecule has 1 aromatic carbocycles. The highest BCUT2D eigenvalue weighted by Gasteiger charge is 2.34. The molecule has 2 saturated heterocycles. The van der Waals surface area contributed by atoms with Gasteiger partial charge in [-0.3, -0.25) is 9.80 Å². The minimum absolute atomic E-state index is 0.231. The molecule has 0 aliphatic carbocycles. The number of ether oxygens (including phenoxy) is 1. The number of esters is 1. The number of benzene rings is 1. The third-order valence-corrected chi connectivity index (χ3v) is 7.64. The van der Waals surface area contributed by atoms with Crippen LogP contribution in [0.5, 0.6) is 0 Å². The van der Waals surface area contributed by atoms with Crippen LogP contribution in [0.1, 0.15) is 48.5 Å². The van der Waals surface area contributed by atoms with Crippen LogP contribution >= 0.6 is 23.2 Å². The minimum atomic E-state index is -0.440. The predicted molar refractivity (Wildman–Crippen MR) is 138 cm³/mol. The van der Waals surface area contributed by atoms with Crippen molar-refractivity contribution >= 4 is 35.0 Å². The smallest absolute Gasteiger partial charge is 0.339 e. The van der Waals surface area contributed by atoms with Crippen LogP contribution < -0.4 is 4.90 Å². The van der Waals surface area contributed by atoms with Crippen LogP contribution in [-0.4, -0.2) is 72.7 Å². The summed E-state index contributed by atoms with van der Waals surface area (Å²) in [5.74, 6) is 0.0512. The van der Waals surface area contributed by atoms with Crippen molar-refractivity contribution in [1.82, 2.24) is 14.8 Å². The second-order valence-corrected chi connectivity index (χ2v) is 10.2. The van der Waals surface area contributed by atoms with Crippen molar-refractivity contribution in [3.05, 3.63) is 57.5 Å². The molecule has 9 heteroatoms. The number of carbonyl (C=O) groups excluding carboxylic acids is 1. The third-order valence-electron chi connectivity index (χ3n) is 7.13. The summed E-state index contributed by atoms with van der Waals surface area (Å²) in [4.78, 5) is 23.5. The van der Waals surface area contributed by atoms with E-state index in [0.717, 1.165) is 64.2 Å². The van der Waals surface area contributed by atoms with Gasteiger partial charge in [-0.05, 0) is 50.6 Å². The molecule has 0 unspecified atom stereocenters. The summed E-state index contributed by atoms with van der Waals surface area (Å²) in [5, 5.41) is 0.904. The van der Waals surface area contributed by atoms with Gasteiger partial charge in [0.15, 0.2) is 0 Å². The van der Waals surface area contributed by atoms with Gasteiger partial charge in [0.2, 0.25) is 0 Å². The highest BCUT2D eigenvalue weighted by molar-refractivity contribution is 6.33. The van der Waals surface area contributed by atoms with E-state index in [-0.39, 0.29) is 5.82 Å². The summed E-state index contributed by atoms with van der Waals surface area (Å²) in [5.41, 5.74) is 1.06. The fraction of sp³-hybridized carbons (Fsp3) is 0.538. The summed E-state index contributed by atoms with van der Waals surface area (Å²) in [6.07, 6.45) is 5.88. The van der Waals surface area contributed by atoms with Crippen LogP contribution in [-0.2, 0) is 11.3 Å². The number of anilines is 1. The van der Waals surface area contributed by atoms with E-state index in [9.17, 15) is 9.18 Å². The number of pyridine rings is 1. The minimum Gasteiger partial charge on any atom is -0.465 e. The first kappa shape index (κ1) is 26.1. The Morgan fingerprint density at radius 3 is 2.60 bits per heavy atom. The Hall–Kier alpha value is -1.93. The van der Waals surface area contributed by atoms with E-state index in [4.69, 9.17) is 27.9 Å². The molecule has 2 aromatic rings. The molecule has 35 heavy (non-hydrogen) atoms. The van der Waals surface area contributed by atoms with Crippen LogP contribution in [0, 0.1) is 5.82 Å². The van der Waals surface area contributed by atoms with Gasteiger partial charge < -0.3 is 9.64 Å². The maximum Gasteiger partial charge on any atom is 0.339 e. The molecule has 1 aromatic heterocycles. The summed E-state index contributed by atoms with van der Waals surface area (Å²) in [6.45, 7) is 7.37. The van der Waals surface area contributed by atoms with Crippen molar-refractivity contribution in [2.75, 3.05) is 44.7 Å². The molecule has 1 atom stereocenters. The molecular formula is C26H33Cl2FN4O2. The number of nitrogens with zero attached hydrogens (tertiary/aromatic N) is 4. The molecule has 0 amide bonds. The lowest BCUT2D eigenvalue weighted by Crippen LogP contribution is -2.58. The number of piperazine rings is 1. The van der Waals surface area contributed by atoms with E-state index in [1.165, 1.54) is 19.4 Å². The van der Waals surface area contributed by atoms with Crippen molar-refractivity contribution in [2.45, 2.75) is 51.2 Å². The number of methoxy groups -OCH3 is 1. The Morgan fingerprint density at radius 2 is 1.94 bits per heavy atom. The summed E-state index contributed by atoms with van der Waals surface area (Å²) < 4.78 is 19.0. The highest BCUT2D eigenvalue weighted by Crippen LogP contribution is 2.30. The number of rotatable bonds is 7. The van der Waals surface area contributed by atoms with Crippen LogP contribution in [0.25, 0.3) is 0 Å². The quantitative estimate of drug-likeness (QED) is 0.461. The molecule has 0 saturated carbocycles. The first-order valence-electron chi connectivity index (χ1n) is 12.3. The van der Waals surface area contributed by atoms with Gasteiger partial charge in [-0.1, -0.05) is 42.6 Å². The van der Waals surface area contributed by atoms with Gasteiger partial charge in [-0.15, -0.1) is 0 Å². The molecular weight excluding hydrogens is 490 g/mol. The molecule has 0 N–H and O–H groups in total. The van der Waals surface area contributed by atoms with Gasteiger partial charge >= 0.3 is 5.97 Å². The fourth-order valence-electron chi connectivity index (χ4n) is 5.33. The van der Waals surface area contributed by atoms with E-state index < -0.39 is 5.97 Å². The van der Waals surface area contributed by atoms with Gasteiger partial charge in [-0.2, -0.15) is 0 Å². The summed E-state index contributed by atoms with van der Waals surface area (Å²) in [6, 6.07) is 7.50. The highest BCUT2D eigenvalue weighted by atomic mass is 35.5. The molecule has 2 aliphatic heterocycles. The zero-order chi connectivity index (χ0) is 24.9. The molecule has 0 radical (unpaired) electrons. The molecule has 2 fully saturated rings. The fourth-order valence-corrected chi connectivity index (χ4v) is 5.77. The van der Waals surface area contributed by atoms with Crippen LogP contribution in [0.2, 0.25) is 10.0 Å². The van der Waals surface area contributed by atoms with Crippen molar-refractivity contribution < 1.29 is 13.9 Å².